The van der Waals surface area contributed by atoms with E-state index in [0.29, 0.717) is 18.3 Å². The summed E-state index contributed by atoms with van der Waals surface area (Å²) >= 11 is 0. The van der Waals surface area contributed by atoms with Gasteiger partial charge in [-0.05, 0) is 72.9 Å². The number of aromatic nitrogens is 1. The van der Waals surface area contributed by atoms with Gasteiger partial charge in [0, 0.05) is 41.7 Å². The molecule has 2 fully saturated rings. The van der Waals surface area contributed by atoms with Gasteiger partial charge in [0.25, 0.3) is 0 Å². The largest absolute Gasteiger partial charge is 0.361 e. The van der Waals surface area contributed by atoms with Crippen molar-refractivity contribution in [2.45, 2.75) is 63.8 Å². The Kier molecular flexibility index (Phi) is 5.24. The molecule has 30 heavy (non-hydrogen) atoms. The molecule has 2 saturated heterocycles. The standard InChI is InChI=1S/C27H32N2O/c1-18(2)22-7-3-4-8-23(22)27(30)15-19-9-12-26-24(14-19)25(16-28-26)20-10-11-21-6-5-13-29(21)17-20/h3-4,7-9,12,14,16,18,20-21,28H,5-6,10-11,13,15,17H2,1-2H3. The molecule has 0 bridgehead atoms. The van der Waals surface area contributed by atoms with E-state index in [1.54, 1.807) is 0 Å². The van der Waals surface area contributed by atoms with Crippen LogP contribution >= 0.6 is 0 Å². The molecule has 5 rings (SSSR count). The number of piperidine rings is 1. The highest BCUT2D eigenvalue weighted by Gasteiger charge is 2.32. The number of Topliss-reactive ketones (excluding diaryl/α,β-unsaturated/α-hetero) is 1. The molecule has 2 aliphatic heterocycles. The molecular weight excluding hydrogens is 368 g/mol. The molecule has 0 radical (unpaired) electrons. The Balaban J connectivity index is 1.40. The van der Waals surface area contributed by atoms with E-state index in [9.17, 15) is 4.79 Å². The first-order chi connectivity index (χ1) is 14.6. The summed E-state index contributed by atoms with van der Waals surface area (Å²) in [4.78, 5) is 19.3. The first kappa shape index (κ1) is 19.6. The van der Waals surface area contributed by atoms with Crippen molar-refractivity contribution >= 4 is 16.7 Å². The van der Waals surface area contributed by atoms with E-state index in [1.807, 2.05) is 18.2 Å². The van der Waals surface area contributed by atoms with Gasteiger partial charge in [0.2, 0.25) is 0 Å². The molecule has 2 atom stereocenters. The van der Waals surface area contributed by atoms with Crippen LogP contribution in [0.5, 0.6) is 0 Å². The summed E-state index contributed by atoms with van der Waals surface area (Å²) in [5, 5.41) is 1.31. The Morgan fingerprint density at radius 2 is 2.00 bits per heavy atom. The molecule has 3 nitrogen and oxygen atoms in total. The van der Waals surface area contributed by atoms with Crippen molar-refractivity contribution < 1.29 is 4.79 Å². The van der Waals surface area contributed by atoms with Gasteiger partial charge in [-0.3, -0.25) is 9.69 Å². The average Bonchev–Trinajstić information content (AvgIpc) is 3.39. The monoisotopic (exact) mass is 400 g/mol. The van der Waals surface area contributed by atoms with E-state index >= 15 is 0 Å². The Labute approximate surface area is 179 Å². The van der Waals surface area contributed by atoms with E-state index < -0.39 is 0 Å². The topological polar surface area (TPSA) is 36.1 Å². The number of rotatable bonds is 5. The molecule has 1 N–H and O–H groups in total. The smallest absolute Gasteiger partial charge is 0.167 e. The van der Waals surface area contributed by atoms with Gasteiger partial charge in [0.15, 0.2) is 5.78 Å². The number of carbonyl (C=O) groups is 1. The van der Waals surface area contributed by atoms with Crippen molar-refractivity contribution in [3.63, 3.8) is 0 Å². The minimum Gasteiger partial charge on any atom is -0.361 e. The van der Waals surface area contributed by atoms with Crippen molar-refractivity contribution in [1.29, 1.82) is 0 Å². The predicted molar refractivity (Wildman–Crippen MR) is 123 cm³/mol. The maximum absolute atomic E-state index is 13.1. The highest BCUT2D eigenvalue weighted by molar-refractivity contribution is 5.99. The third-order valence-electron chi connectivity index (χ3n) is 7.27. The van der Waals surface area contributed by atoms with Crippen LogP contribution in [0.1, 0.15) is 78.4 Å². The predicted octanol–water partition coefficient (Wildman–Crippen LogP) is 6.06. The van der Waals surface area contributed by atoms with E-state index in [4.69, 9.17) is 0 Å². The number of benzene rings is 2. The van der Waals surface area contributed by atoms with Crippen LogP contribution in [0.2, 0.25) is 0 Å². The number of ketones is 1. The van der Waals surface area contributed by atoms with Gasteiger partial charge < -0.3 is 4.98 Å². The van der Waals surface area contributed by atoms with Crippen LogP contribution in [-0.2, 0) is 6.42 Å². The van der Waals surface area contributed by atoms with Gasteiger partial charge in [-0.15, -0.1) is 0 Å². The summed E-state index contributed by atoms with van der Waals surface area (Å²) in [6.45, 7) is 6.75. The van der Waals surface area contributed by atoms with E-state index in [1.165, 1.54) is 55.2 Å². The zero-order valence-electron chi connectivity index (χ0n) is 18.2. The number of H-pyrrole nitrogens is 1. The lowest BCUT2D eigenvalue weighted by atomic mass is 9.87. The number of aromatic amines is 1. The maximum atomic E-state index is 13.1. The molecule has 0 saturated carbocycles. The molecular formula is C27H32N2O. The van der Waals surface area contributed by atoms with Crippen LogP contribution in [0.4, 0.5) is 0 Å². The molecule has 0 amide bonds. The molecule has 3 heterocycles. The number of hydrogen-bond acceptors (Lipinski definition) is 2. The van der Waals surface area contributed by atoms with Crippen LogP contribution in [0.15, 0.2) is 48.7 Å². The van der Waals surface area contributed by atoms with Crippen molar-refractivity contribution in [2.75, 3.05) is 13.1 Å². The fourth-order valence-corrected chi connectivity index (χ4v) is 5.66. The van der Waals surface area contributed by atoms with E-state index in [0.717, 1.165) is 22.7 Å². The third-order valence-corrected chi connectivity index (χ3v) is 7.27. The van der Waals surface area contributed by atoms with E-state index in [2.05, 4.69) is 54.2 Å². The first-order valence-electron chi connectivity index (χ1n) is 11.6. The van der Waals surface area contributed by atoms with Crippen LogP contribution in [0.25, 0.3) is 10.9 Å². The van der Waals surface area contributed by atoms with Crippen molar-refractivity contribution in [3.05, 3.63) is 70.9 Å². The third kappa shape index (κ3) is 3.60. The van der Waals surface area contributed by atoms with Gasteiger partial charge >= 0.3 is 0 Å². The Morgan fingerprint density at radius 1 is 1.13 bits per heavy atom. The number of fused-ring (bicyclic) bond motifs is 2. The number of hydrogen-bond donors (Lipinski definition) is 1. The summed E-state index contributed by atoms with van der Waals surface area (Å²) in [6, 6.07) is 15.4. The number of nitrogens with zero attached hydrogens (tertiary/aromatic N) is 1. The molecule has 2 unspecified atom stereocenters. The molecule has 3 heteroatoms. The summed E-state index contributed by atoms with van der Waals surface area (Å²) in [6.07, 6.45) is 8.01. The summed E-state index contributed by atoms with van der Waals surface area (Å²) in [5.41, 5.74) is 5.75. The summed E-state index contributed by atoms with van der Waals surface area (Å²) in [5.74, 6) is 1.17. The zero-order valence-corrected chi connectivity index (χ0v) is 18.2. The highest BCUT2D eigenvalue weighted by Crippen LogP contribution is 2.37. The van der Waals surface area contributed by atoms with Crippen LogP contribution < -0.4 is 0 Å². The SMILES string of the molecule is CC(C)c1ccccc1C(=O)Cc1ccc2[nH]cc(C3CCC4CCCN4C3)c2c1. The lowest BCUT2D eigenvalue weighted by molar-refractivity contribution is 0.0991. The van der Waals surface area contributed by atoms with E-state index in [-0.39, 0.29) is 5.78 Å². The second-order valence-electron chi connectivity index (χ2n) is 9.53. The Morgan fingerprint density at radius 3 is 2.87 bits per heavy atom. The lowest BCUT2D eigenvalue weighted by Gasteiger charge is -2.35. The molecule has 2 aromatic carbocycles. The quantitative estimate of drug-likeness (QED) is 0.529. The molecule has 3 aromatic rings. The first-order valence-corrected chi connectivity index (χ1v) is 11.6. The second-order valence-corrected chi connectivity index (χ2v) is 9.53. The summed E-state index contributed by atoms with van der Waals surface area (Å²) < 4.78 is 0. The second kappa shape index (κ2) is 8.03. The van der Waals surface area contributed by atoms with Crippen LogP contribution in [0, 0.1) is 0 Å². The van der Waals surface area contributed by atoms with Gasteiger partial charge in [0.05, 0.1) is 0 Å². The van der Waals surface area contributed by atoms with Gasteiger partial charge in [0.1, 0.15) is 0 Å². The van der Waals surface area contributed by atoms with Gasteiger partial charge in [-0.1, -0.05) is 44.2 Å². The fourth-order valence-electron chi connectivity index (χ4n) is 5.66. The minimum absolute atomic E-state index is 0.216. The number of nitrogens with one attached hydrogen (secondary N) is 1. The zero-order chi connectivity index (χ0) is 20.7. The molecule has 1 aromatic heterocycles. The van der Waals surface area contributed by atoms with Crippen molar-refractivity contribution in [3.8, 4) is 0 Å². The van der Waals surface area contributed by atoms with Gasteiger partial charge in [-0.2, -0.15) is 0 Å². The molecule has 0 aliphatic carbocycles. The Bertz CT molecular complexity index is 1060. The number of carbonyl (C=O) groups excluding carboxylic acids is 1. The highest BCUT2D eigenvalue weighted by atomic mass is 16.1. The molecule has 2 aliphatic rings. The minimum atomic E-state index is 0.216. The average molecular weight is 401 g/mol. The Hall–Kier alpha value is -2.39. The summed E-state index contributed by atoms with van der Waals surface area (Å²) in [7, 11) is 0. The lowest BCUT2D eigenvalue weighted by Crippen LogP contribution is -2.37. The fraction of sp³-hybridized carbons (Fsp3) is 0.444. The van der Waals surface area contributed by atoms with Crippen molar-refractivity contribution in [1.82, 2.24) is 9.88 Å². The van der Waals surface area contributed by atoms with Crippen LogP contribution in [0.3, 0.4) is 0 Å². The molecule has 156 valence electrons. The van der Waals surface area contributed by atoms with Gasteiger partial charge in [-0.25, -0.2) is 0 Å². The van der Waals surface area contributed by atoms with Crippen LogP contribution in [-0.4, -0.2) is 34.8 Å². The normalized spacial score (nSPS) is 22.0. The molecule has 0 spiro atoms. The maximum Gasteiger partial charge on any atom is 0.167 e. The van der Waals surface area contributed by atoms with Crippen molar-refractivity contribution in [2.24, 2.45) is 0 Å².